The van der Waals surface area contributed by atoms with Crippen LogP contribution in [0.5, 0.6) is 0 Å². The molecule has 3 heterocycles. The smallest absolute Gasteiger partial charge is 0.407 e. The van der Waals surface area contributed by atoms with Gasteiger partial charge in [0, 0.05) is 39.0 Å². The number of Topliss-reactive ketones (excluding diaryl/α,β-unsaturated/α-hetero) is 1. The number of nitrogens with one attached hydrogen (secondary N) is 5. The third-order valence-corrected chi connectivity index (χ3v) is 9.60. The Hall–Kier alpha value is -4.50. The van der Waals surface area contributed by atoms with Crippen LogP contribution in [0.3, 0.4) is 0 Å². The van der Waals surface area contributed by atoms with E-state index < -0.39 is 70.6 Å². The van der Waals surface area contributed by atoms with Gasteiger partial charge in [-0.15, -0.1) is 6.58 Å². The molecule has 0 unspecified atom stereocenters. The van der Waals surface area contributed by atoms with Gasteiger partial charge >= 0.3 is 12.1 Å². The van der Waals surface area contributed by atoms with Crippen molar-refractivity contribution >= 4 is 47.4 Å². The maximum Gasteiger partial charge on any atom is 0.407 e. The number of imide groups is 1. The number of nitrogens with zero attached hydrogens (tertiary/aromatic N) is 2. The second-order valence-electron chi connectivity index (χ2n) is 16.0. The topological polar surface area (TPSA) is 212 Å². The molecule has 3 rings (SSSR count). The van der Waals surface area contributed by atoms with E-state index in [4.69, 9.17) is 4.74 Å². The minimum Gasteiger partial charge on any atom is -0.450 e. The van der Waals surface area contributed by atoms with Crippen LogP contribution in [-0.2, 0) is 33.5 Å². The predicted octanol–water partition coefficient (Wildman–Crippen LogP) is 1.53. The molecule has 3 saturated heterocycles. The lowest BCUT2D eigenvalue weighted by atomic mass is 9.80. The molecule has 0 saturated carbocycles. The third-order valence-electron chi connectivity index (χ3n) is 9.60. The zero-order valence-corrected chi connectivity index (χ0v) is 31.4. The fourth-order valence-corrected chi connectivity index (χ4v) is 6.60. The maximum atomic E-state index is 14.2. The van der Waals surface area contributed by atoms with Gasteiger partial charge in [0.05, 0.1) is 18.7 Å². The molecule has 0 aromatic carbocycles. The van der Waals surface area contributed by atoms with Crippen molar-refractivity contribution in [2.45, 2.75) is 117 Å². The highest BCUT2D eigenvalue weighted by Gasteiger charge is 2.43. The first kappa shape index (κ1) is 41.9. The summed E-state index contributed by atoms with van der Waals surface area (Å²) in [6.45, 7) is 15.1. The zero-order chi connectivity index (χ0) is 38.8. The van der Waals surface area contributed by atoms with Crippen molar-refractivity contribution in [3.05, 3.63) is 12.7 Å². The van der Waals surface area contributed by atoms with Gasteiger partial charge in [-0.2, -0.15) is 0 Å². The van der Waals surface area contributed by atoms with Crippen molar-refractivity contribution in [1.82, 2.24) is 36.4 Å². The summed E-state index contributed by atoms with van der Waals surface area (Å²) in [5.74, 6) is -3.60. The molecule has 0 aromatic rings. The van der Waals surface area contributed by atoms with E-state index in [1.54, 1.807) is 0 Å². The first-order valence-corrected chi connectivity index (χ1v) is 18.2. The molecule has 5 atom stereocenters. The van der Waals surface area contributed by atoms with E-state index in [0.29, 0.717) is 19.3 Å². The average molecular weight is 732 g/mol. The van der Waals surface area contributed by atoms with Gasteiger partial charge in [0.2, 0.25) is 29.4 Å². The molecule has 290 valence electrons. The standard InChI is InChI=1S/C36H57N7O9/c1-8-14-37-31(48)29(46)23-12-9-10-15-38-34(51)52-16-11-13-24(32(49)42-20-22(2)17-25(42)30(47)39-23)40-33(50)41-26(35(3,4)5)21-43-27(44)18-36(6,7)19-28(43)45/h8,22-26H,1,9-21H2,2-7H3,(H,37,48)(H,38,51)(H,39,47)(H2,40,41,50)/t22-,23+,24+,25+,26-/m1/s1. The number of hydrogen-bond donors (Lipinski definition) is 5. The lowest BCUT2D eigenvalue weighted by Gasteiger charge is -2.40. The van der Waals surface area contributed by atoms with Crippen LogP contribution in [0, 0.1) is 16.7 Å². The van der Waals surface area contributed by atoms with Crippen LogP contribution in [0.15, 0.2) is 12.7 Å². The molecule has 0 bridgehead atoms. The number of carbonyl (C=O) groups is 8. The fraction of sp³-hybridized carbons (Fsp3) is 0.722. The Bertz CT molecular complexity index is 1370. The normalized spacial score (nSPS) is 25.8. The number of urea groups is 1. The summed E-state index contributed by atoms with van der Waals surface area (Å²) in [5.41, 5.74) is -1.06. The monoisotopic (exact) mass is 731 g/mol. The molecule has 0 radical (unpaired) electrons. The van der Waals surface area contributed by atoms with Crippen LogP contribution in [0.4, 0.5) is 9.59 Å². The minimum atomic E-state index is -1.17. The molecule has 5 N–H and O–H groups in total. The number of alkyl carbamates (subject to hydrolysis) is 1. The van der Waals surface area contributed by atoms with E-state index in [-0.39, 0.29) is 82.6 Å². The molecule has 52 heavy (non-hydrogen) atoms. The van der Waals surface area contributed by atoms with Crippen molar-refractivity contribution in [3.63, 3.8) is 0 Å². The van der Waals surface area contributed by atoms with Crippen LogP contribution in [0.1, 0.15) is 92.9 Å². The Morgan fingerprint density at radius 2 is 1.71 bits per heavy atom. The third kappa shape index (κ3) is 12.0. The Kier molecular flexibility index (Phi) is 14.8. The largest absolute Gasteiger partial charge is 0.450 e. The quantitative estimate of drug-likeness (QED) is 0.139. The Balaban J connectivity index is 1.84. The number of cyclic esters (lactones) is 1. The molecule has 0 aliphatic carbocycles. The number of carbonyl (C=O) groups excluding carboxylic acids is 8. The number of piperidine rings is 1. The van der Waals surface area contributed by atoms with E-state index >= 15 is 0 Å². The van der Waals surface area contributed by atoms with Crippen molar-refractivity contribution in [2.24, 2.45) is 16.7 Å². The number of likely N-dealkylation sites (tertiary alicyclic amines) is 1. The van der Waals surface area contributed by atoms with Gasteiger partial charge in [-0.05, 0) is 55.3 Å². The summed E-state index contributed by atoms with van der Waals surface area (Å²) in [5, 5.41) is 13.4. The highest BCUT2D eigenvalue weighted by atomic mass is 16.5. The molecule has 3 fully saturated rings. The molecule has 8 amide bonds. The van der Waals surface area contributed by atoms with E-state index in [1.807, 2.05) is 41.5 Å². The molecule has 0 aromatic heterocycles. The molecule has 3 aliphatic heterocycles. The average Bonchev–Trinajstić information content (AvgIpc) is 3.44. The van der Waals surface area contributed by atoms with Gasteiger partial charge in [0.25, 0.3) is 5.91 Å². The van der Waals surface area contributed by atoms with Gasteiger partial charge < -0.3 is 36.2 Å². The lowest BCUT2D eigenvalue weighted by molar-refractivity contribution is -0.153. The molecule has 16 nitrogen and oxygen atoms in total. The van der Waals surface area contributed by atoms with Gasteiger partial charge in [-0.1, -0.05) is 47.6 Å². The van der Waals surface area contributed by atoms with Crippen LogP contribution >= 0.6 is 0 Å². The molecule has 3 aliphatic rings. The summed E-state index contributed by atoms with van der Waals surface area (Å²) < 4.78 is 5.28. The lowest BCUT2D eigenvalue weighted by Crippen LogP contribution is -2.60. The zero-order valence-electron chi connectivity index (χ0n) is 31.4. The van der Waals surface area contributed by atoms with Crippen LogP contribution < -0.4 is 26.6 Å². The molecule has 0 spiro atoms. The number of ketones is 1. The van der Waals surface area contributed by atoms with Gasteiger partial charge in [0.15, 0.2) is 0 Å². The summed E-state index contributed by atoms with van der Waals surface area (Å²) in [6.07, 6.45) is 2.65. The number of fused-ring (bicyclic) bond motifs is 1. The fourth-order valence-electron chi connectivity index (χ4n) is 6.60. The predicted molar refractivity (Wildman–Crippen MR) is 190 cm³/mol. The Morgan fingerprint density at radius 3 is 2.35 bits per heavy atom. The molecular weight excluding hydrogens is 674 g/mol. The van der Waals surface area contributed by atoms with Crippen molar-refractivity contribution in [3.8, 4) is 0 Å². The summed E-state index contributed by atoms with van der Waals surface area (Å²) >= 11 is 0. The van der Waals surface area contributed by atoms with E-state index in [1.165, 1.54) is 15.9 Å². The number of ether oxygens (including phenoxy) is 1. The first-order valence-electron chi connectivity index (χ1n) is 18.2. The number of hydrogen-bond acceptors (Lipinski definition) is 9. The van der Waals surface area contributed by atoms with Gasteiger partial charge in [-0.3, -0.25) is 33.7 Å². The summed E-state index contributed by atoms with van der Waals surface area (Å²) in [7, 11) is 0. The van der Waals surface area contributed by atoms with E-state index in [0.717, 1.165) is 0 Å². The number of amides is 8. The van der Waals surface area contributed by atoms with Gasteiger partial charge in [-0.25, -0.2) is 9.59 Å². The van der Waals surface area contributed by atoms with E-state index in [9.17, 15) is 38.4 Å². The molecular formula is C36H57N7O9. The first-order chi connectivity index (χ1) is 24.3. The SMILES string of the molecule is C=CCNC(=O)C(=O)[C@@H]1CCCCNC(=O)OCCC[C@H](NC(=O)N[C@H](CN2C(=O)CC(C)(C)CC2=O)C(C)(C)C)C(=O)N2C[C@H](C)C[C@H]2C(=O)N1. The number of rotatable bonds is 8. The van der Waals surface area contributed by atoms with Crippen LogP contribution in [-0.4, -0.2) is 114 Å². The Labute approximate surface area is 305 Å². The second kappa shape index (κ2) is 18.3. The van der Waals surface area contributed by atoms with Crippen LogP contribution in [0.25, 0.3) is 0 Å². The van der Waals surface area contributed by atoms with Crippen molar-refractivity contribution in [1.29, 1.82) is 0 Å². The maximum absolute atomic E-state index is 14.2. The van der Waals surface area contributed by atoms with Crippen LogP contribution in [0.2, 0.25) is 0 Å². The van der Waals surface area contributed by atoms with Gasteiger partial charge in [0.1, 0.15) is 12.1 Å². The van der Waals surface area contributed by atoms with E-state index in [2.05, 4.69) is 33.2 Å². The van der Waals surface area contributed by atoms with Crippen molar-refractivity contribution < 1.29 is 43.1 Å². The molecule has 16 heteroatoms. The van der Waals surface area contributed by atoms with Crippen molar-refractivity contribution in [2.75, 3.05) is 32.8 Å². The minimum absolute atomic E-state index is 0.0459. The highest BCUT2D eigenvalue weighted by molar-refractivity contribution is 6.38. The second-order valence-corrected chi connectivity index (χ2v) is 16.0. The Morgan fingerprint density at radius 1 is 1.04 bits per heavy atom. The summed E-state index contributed by atoms with van der Waals surface area (Å²) in [6, 6.07) is -4.69. The summed E-state index contributed by atoms with van der Waals surface area (Å²) in [4.78, 5) is 108. The highest BCUT2D eigenvalue weighted by Crippen LogP contribution is 2.32.